The standard InChI is InChI=1S/C25H30ClN6O/c1-4-32(5-2,6-3)16-19-12-14-31-24(19)25(28-18-29-31)30-20-10-11-23(22(26)15-20)33-17-21-9-7-8-13-27-21/h7-15,18H,4-6,16-17H2,1-3H3,(H,28,29,30)/q+1. The van der Waals surface area contributed by atoms with Gasteiger partial charge in [0.1, 0.15) is 30.7 Å². The van der Waals surface area contributed by atoms with Gasteiger partial charge in [0.15, 0.2) is 5.82 Å². The Labute approximate surface area is 199 Å². The van der Waals surface area contributed by atoms with Crippen LogP contribution in [-0.4, -0.2) is 43.7 Å². The molecule has 0 amide bonds. The van der Waals surface area contributed by atoms with Crippen LogP contribution >= 0.6 is 11.6 Å². The number of nitrogens with one attached hydrogen (secondary N) is 1. The second-order valence-electron chi connectivity index (χ2n) is 8.07. The first-order valence-corrected chi connectivity index (χ1v) is 11.7. The molecule has 0 aliphatic carbocycles. The third kappa shape index (κ3) is 5.10. The Morgan fingerprint density at radius 2 is 1.85 bits per heavy atom. The number of hydrogen-bond acceptors (Lipinski definition) is 5. The first-order valence-electron chi connectivity index (χ1n) is 11.3. The van der Waals surface area contributed by atoms with E-state index in [-0.39, 0.29) is 0 Å². The van der Waals surface area contributed by atoms with Gasteiger partial charge in [-0.3, -0.25) is 4.98 Å². The average molecular weight is 466 g/mol. The lowest BCUT2D eigenvalue weighted by atomic mass is 10.2. The van der Waals surface area contributed by atoms with Gasteiger partial charge in [0, 0.05) is 23.6 Å². The number of pyridine rings is 1. The van der Waals surface area contributed by atoms with Crippen molar-refractivity contribution in [2.45, 2.75) is 33.9 Å². The van der Waals surface area contributed by atoms with Gasteiger partial charge in [0.05, 0.1) is 30.4 Å². The van der Waals surface area contributed by atoms with Crippen LogP contribution < -0.4 is 10.1 Å². The average Bonchev–Trinajstić information content (AvgIpc) is 3.26. The smallest absolute Gasteiger partial charge is 0.158 e. The van der Waals surface area contributed by atoms with Crippen molar-refractivity contribution in [1.82, 2.24) is 19.6 Å². The molecule has 0 atom stereocenters. The Morgan fingerprint density at radius 3 is 2.55 bits per heavy atom. The van der Waals surface area contributed by atoms with E-state index < -0.39 is 0 Å². The second-order valence-corrected chi connectivity index (χ2v) is 8.48. The van der Waals surface area contributed by atoms with Crippen LogP contribution in [0.15, 0.2) is 61.2 Å². The van der Waals surface area contributed by atoms with E-state index >= 15 is 0 Å². The molecule has 0 saturated carbocycles. The minimum Gasteiger partial charge on any atom is -0.486 e. The SMILES string of the molecule is CC[N+](CC)(CC)Cc1ccn2ncnc(Nc3ccc(OCc4ccccn4)c(Cl)c3)c12. The minimum atomic E-state index is 0.361. The molecule has 7 nitrogen and oxygen atoms in total. The van der Waals surface area contributed by atoms with Gasteiger partial charge < -0.3 is 14.5 Å². The van der Waals surface area contributed by atoms with Crippen molar-refractivity contribution in [3.05, 3.63) is 77.5 Å². The molecular formula is C25H30ClN6O+. The van der Waals surface area contributed by atoms with Crippen molar-refractivity contribution in [2.75, 3.05) is 25.0 Å². The molecular weight excluding hydrogens is 436 g/mol. The van der Waals surface area contributed by atoms with E-state index in [1.807, 2.05) is 47.1 Å². The predicted molar refractivity (Wildman–Crippen MR) is 132 cm³/mol. The molecule has 1 N–H and O–H groups in total. The summed E-state index contributed by atoms with van der Waals surface area (Å²) in [6.07, 6.45) is 5.30. The van der Waals surface area contributed by atoms with Crippen molar-refractivity contribution in [3.63, 3.8) is 0 Å². The highest BCUT2D eigenvalue weighted by Crippen LogP contribution is 2.31. The first kappa shape index (κ1) is 23.0. The Balaban J connectivity index is 1.56. The molecule has 33 heavy (non-hydrogen) atoms. The summed E-state index contributed by atoms with van der Waals surface area (Å²) in [4.78, 5) is 8.81. The highest BCUT2D eigenvalue weighted by Gasteiger charge is 2.24. The zero-order valence-corrected chi connectivity index (χ0v) is 20.1. The van der Waals surface area contributed by atoms with Gasteiger partial charge in [-0.1, -0.05) is 17.7 Å². The molecule has 0 unspecified atom stereocenters. The predicted octanol–water partition coefficient (Wildman–Crippen LogP) is 5.48. The molecule has 172 valence electrons. The number of fused-ring (bicyclic) bond motifs is 1. The van der Waals surface area contributed by atoms with Crippen LogP contribution in [0.2, 0.25) is 5.02 Å². The molecule has 3 heterocycles. The molecule has 0 fully saturated rings. The molecule has 0 bridgehead atoms. The van der Waals surface area contributed by atoms with Crippen LogP contribution in [0.3, 0.4) is 0 Å². The topological polar surface area (TPSA) is 64.3 Å². The zero-order valence-electron chi connectivity index (χ0n) is 19.3. The van der Waals surface area contributed by atoms with Crippen molar-refractivity contribution < 1.29 is 9.22 Å². The summed E-state index contributed by atoms with van der Waals surface area (Å²) in [5, 5.41) is 8.35. The number of nitrogens with zero attached hydrogens (tertiary/aromatic N) is 5. The van der Waals surface area contributed by atoms with E-state index in [0.29, 0.717) is 17.4 Å². The summed E-state index contributed by atoms with van der Waals surface area (Å²) in [6, 6.07) is 13.5. The van der Waals surface area contributed by atoms with Crippen LogP contribution in [0.25, 0.3) is 5.52 Å². The van der Waals surface area contributed by atoms with E-state index in [2.05, 4.69) is 47.2 Å². The second kappa shape index (κ2) is 10.2. The van der Waals surface area contributed by atoms with Gasteiger partial charge in [-0.05, 0) is 57.2 Å². The van der Waals surface area contributed by atoms with E-state index in [0.717, 1.165) is 53.4 Å². The van der Waals surface area contributed by atoms with E-state index in [4.69, 9.17) is 16.3 Å². The van der Waals surface area contributed by atoms with Crippen LogP contribution in [0.1, 0.15) is 32.0 Å². The number of anilines is 2. The zero-order chi connectivity index (χ0) is 23.3. The third-order valence-corrected chi connectivity index (χ3v) is 6.65. The van der Waals surface area contributed by atoms with Crippen LogP contribution in [0.4, 0.5) is 11.5 Å². The Kier molecular flexibility index (Phi) is 7.11. The lowest BCUT2D eigenvalue weighted by molar-refractivity contribution is -0.936. The molecule has 4 aromatic rings. The quantitative estimate of drug-likeness (QED) is 0.314. The maximum Gasteiger partial charge on any atom is 0.158 e. The molecule has 1 aromatic carbocycles. The minimum absolute atomic E-state index is 0.361. The van der Waals surface area contributed by atoms with Gasteiger partial charge in [0.25, 0.3) is 0 Å². The van der Waals surface area contributed by atoms with Crippen LogP contribution in [-0.2, 0) is 13.2 Å². The Morgan fingerprint density at radius 1 is 1.03 bits per heavy atom. The summed E-state index contributed by atoms with van der Waals surface area (Å²) in [5.41, 5.74) is 3.90. The maximum atomic E-state index is 6.51. The van der Waals surface area contributed by atoms with Gasteiger partial charge in [0.2, 0.25) is 0 Å². The molecule has 0 aliphatic rings. The molecule has 0 spiro atoms. The highest BCUT2D eigenvalue weighted by molar-refractivity contribution is 6.32. The largest absolute Gasteiger partial charge is 0.486 e. The van der Waals surface area contributed by atoms with Crippen molar-refractivity contribution in [2.24, 2.45) is 0 Å². The van der Waals surface area contributed by atoms with E-state index in [1.165, 1.54) is 5.56 Å². The Bertz CT molecular complexity index is 1200. The molecule has 0 saturated heterocycles. The normalized spacial score (nSPS) is 11.6. The third-order valence-electron chi connectivity index (χ3n) is 6.35. The van der Waals surface area contributed by atoms with Crippen molar-refractivity contribution in [3.8, 4) is 5.75 Å². The number of rotatable bonds is 10. The van der Waals surface area contributed by atoms with Gasteiger partial charge >= 0.3 is 0 Å². The van der Waals surface area contributed by atoms with Gasteiger partial charge in [-0.15, -0.1) is 0 Å². The molecule has 4 rings (SSSR count). The van der Waals surface area contributed by atoms with Crippen molar-refractivity contribution in [1.29, 1.82) is 0 Å². The van der Waals surface area contributed by atoms with Crippen LogP contribution in [0, 0.1) is 0 Å². The number of ether oxygens (including phenoxy) is 1. The summed E-state index contributed by atoms with van der Waals surface area (Å²) in [6.45, 7) is 11.3. The lowest BCUT2D eigenvalue weighted by Crippen LogP contribution is -2.46. The number of halogens is 1. The number of quaternary nitrogens is 1. The molecule has 3 aromatic heterocycles. The number of benzene rings is 1. The fraction of sp³-hybridized carbons (Fsp3) is 0.320. The van der Waals surface area contributed by atoms with Crippen molar-refractivity contribution >= 4 is 28.6 Å². The van der Waals surface area contributed by atoms with Gasteiger partial charge in [-0.2, -0.15) is 5.10 Å². The van der Waals surface area contributed by atoms with E-state index in [9.17, 15) is 0 Å². The van der Waals surface area contributed by atoms with E-state index in [1.54, 1.807) is 12.5 Å². The fourth-order valence-corrected chi connectivity index (χ4v) is 4.31. The number of hydrogen-bond donors (Lipinski definition) is 1. The highest BCUT2D eigenvalue weighted by atomic mass is 35.5. The Hall–Kier alpha value is -3.16. The summed E-state index contributed by atoms with van der Waals surface area (Å²) in [7, 11) is 0. The summed E-state index contributed by atoms with van der Waals surface area (Å²) >= 11 is 6.51. The maximum absolute atomic E-state index is 6.51. The number of aromatic nitrogens is 4. The summed E-state index contributed by atoms with van der Waals surface area (Å²) in [5.74, 6) is 1.37. The molecule has 0 radical (unpaired) electrons. The lowest BCUT2D eigenvalue weighted by Gasteiger charge is -2.35. The monoisotopic (exact) mass is 465 g/mol. The molecule has 0 aliphatic heterocycles. The van der Waals surface area contributed by atoms with Gasteiger partial charge in [-0.25, -0.2) is 9.50 Å². The summed E-state index contributed by atoms with van der Waals surface area (Å²) < 4.78 is 8.74. The fourth-order valence-electron chi connectivity index (χ4n) is 4.07. The first-order chi connectivity index (χ1) is 16.1. The van der Waals surface area contributed by atoms with Crippen LogP contribution in [0.5, 0.6) is 5.75 Å². The molecule has 8 heteroatoms.